The highest BCUT2D eigenvalue weighted by atomic mass is 16.3. The van der Waals surface area contributed by atoms with Gasteiger partial charge in [-0.2, -0.15) is 0 Å². The van der Waals surface area contributed by atoms with Crippen molar-refractivity contribution in [3.8, 4) is 0 Å². The quantitative estimate of drug-likeness (QED) is 0.648. The second kappa shape index (κ2) is 8.37. The van der Waals surface area contributed by atoms with E-state index >= 15 is 0 Å². The van der Waals surface area contributed by atoms with Crippen LogP contribution in [0.3, 0.4) is 0 Å². The molecule has 132 valence electrons. The van der Waals surface area contributed by atoms with Crippen molar-refractivity contribution in [2.45, 2.75) is 32.4 Å². The van der Waals surface area contributed by atoms with E-state index in [1.807, 2.05) is 35.2 Å². The van der Waals surface area contributed by atoms with Crippen molar-refractivity contribution in [2.24, 2.45) is 4.99 Å². The number of anilines is 1. The van der Waals surface area contributed by atoms with Crippen LogP contribution in [0.4, 0.5) is 5.69 Å². The Kier molecular flexibility index (Phi) is 5.72. The van der Waals surface area contributed by atoms with Crippen molar-refractivity contribution in [3.05, 3.63) is 54.0 Å². The van der Waals surface area contributed by atoms with Crippen LogP contribution in [0.25, 0.3) is 0 Å². The van der Waals surface area contributed by atoms with Crippen LogP contribution < -0.4 is 15.5 Å². The molecule has 0 unspecified atom stereocenters. The Morgan fingerprint density at radius 1 is 1.20 bits per heavy atom. The first-order chi connectivity index (χ1) is 12.3. The third-order valence-corrected chi connectivity index (χ3v) is 4.24. The Balaban J connectivity index is 1.57. The summed E-state index contributed by atoms with van der Waals surface area (Å²) in [5, 5.41) is 6.49. The molecule has 1 fully saturated rings. The van der Waals surface area contributed by atoms with Crippen LogP contribution in [0.1, 0.15) is 30.6 Å². The number of nitrogens with one attached hydrogen (secondary N) is 2. The first-order valence-electron chi connectivity index (χ1n) is 8.62. The fraction of sp³-hybridized carbons (Fsp3) is 0.368. The van der Waals surface area contributed by atoms with E-state index in [-0.39, 0.29) is 5.91 Å². The molecular weight excluding hydrogens is 316 g/mol. The normalized spacial score (nSPS) is 15.3. The summed E-state index contributed by atoms with van der Waals surface area (Å²) in [6.45, 7) is 2.02. The number of nitrogens with zero attached hydrogens (tertiary/aromatic N) is 2. The van der Waals surface area contributed by atoms with E-state index in [0.717, 1.165) is 36.4 Å². The smallest absolute Gasteiger partial charge is 0.226 e. The van der Waals surface area contributed by atoms with E-state index in [4.69, 9.17) is 4.42 Å². The first-order valence-corrected chi connectivity index (χ1v) is 8.62. The van der Waals surface area contributed by atoms with Crippen molar-refractivity contribution >= 4 is 17.6 Å². The number of hydrogen-bond donors (Lipinski definition) is 2. The number of amides is 1. The summed E-state index contributed by atoms with van der Waals surface area (Å²) in [6.07, 6.45) is 4.36. The maximum atomic E-state index is 12.1. The predicted octanol–water partition coefficient (Wildman–Crippen LogP) is 2.66. The zero-order valence-corrected chi connectivity index (χ0v) is 14.5. The molecule has 1 amide bonds. The summed E-state index contributed by atoms with van der Waals surface area (Å²) < 4.78 is 5.30. The summed E-state index contributed by atoms with van der Waals surface area (Å²) in [5.41, 5.74) is 2.08. The molecule has 1 aliphatic heterocycles. The summed E-state index contributed by atoms with van der Waals surface area (Å²) in [4.78, 5) is 18.2. The number of carbonyl (C=O) groups excluding carboxylic acids is 1. The second-order valence-corrected chi connectivity index (χ2v) is 6.03. The molecule has 6 nitrogen and oxygen atoms in total. The summed E-state index contributed by atoms with van der Waals surface area (Å²) >= 11 is 0. The molecular formula is C19H24N4O2. The lowest BCUT2D eigenvalue weighted by molar-refractivity contribution is -0.119. The fourth-order valence-corrected chi connectivity index (χ4v) is 2.90. The Labute approximate surface area is 147 Å². The number of guanidine groups is 1. The molecule has 1 saturated heterocycles. The molecule has 0 aliphatic carbocycles. The summed E-state index contributed by atoms with van der Waals surface area (Å²) in [6, 6.07) is 11.9. The minimum Gasteiger partial charge on any atom is -0.467 e. The van der Waals surface area contributed by atoms with Gasteiger partial charge in [0.25, 0.3) is 0 Å². The molecule has 25 heavy (non-hydrogen) atoms. The molecule has 0 bridgehead atoms. The van der Waals surface area contributed by atoms with Gasteiger partial charge >= 0.3 is 0 Å². The van der Waals surface area contributed by atoms with Gasteiger partial charge in [0.05, 0.1) is 12.8 Å². The lowest BCUT2D eigenvalue weighted by Crippen LogP contribution is -2.36. The van der Waals surface area contributed by atoms with E-state index in [0.29, 0.717) is 25.5 Å². The molecule has 3 rings (SSSR count). The number of rotatable bonds is 5. The maximum Gasteiger partial charge on any atom is 0.226 e. The molecule has 1 aromatic carbocycles. The molecule has 2 aromatic rings. The molecule has 6 heteroatoms. The van der Waals surface area contributed by atoms with Crippen molar-refractivity contribution in [2.75, 3.05) is 18.5 Å². The van der Waals surface area contributed by atoms with Gasteiger partial charge in [-0.3, -0.25) is 9.79 Å². The van der Waals surface area contributed by atoms with Gasteiger partial charge in [-0.1, -0.05) is 12.1 Å². The largest absolute Gasteiger partial charge is 0.467 e. The lowest BCUT2D eigenvalue weighted by atomic mass is 10.1. The number of hydrogen-bond acceptors (Lipinski definition) is 3. The molecule has 0 atom stereocenters. The zero-order chi connectivity index (χ0) is 17.5. The Hall–Kier alpha value is -2.76. The van der Waals surface area contributed by atoms with E-state index in [1.165, 1.54) is 0 Å². The highest BCUT2D eigenvalue weighted by Gasteiger charge is 2.19. The Morgan fingerprint density at radius 2 is 2.08 bits per heavy atom. The van der Waals surface area contributed by atoms with Crippen LogP contribution in [0.5, 0.6) is 0 Å². The third-order valence-electron chi connectivity index (χ3n) is 4.24. The first kappa shape index (κ1) is 17.1. The molecule has 0 spiro atoms. The van der Waals surface area contributed by atoms with Gasteiger partial charge in [0.15, 0.2) is 5.96 Å². The van der Waals surface area contributed by atoms with Crippen molar-refractivity contribution in [1.82, 2.24) is 10.6 Å². The topological polar surface area (TPSA) is 69.9 Å². The monoisotopic (exact) mass is 340 g/mol. The van der Waals surface area contributed by atoms with Crippen LogP contribution in [-0.2, 0) is 17.9 Å². The third kappa shape index (κ3) is 4.62. The second-order valence-electron chi connectivity index (χ2n) is 6.03. The number of benzene rings is 1. The van der Waals surface area contributed by atoms with Gasteiger partial charge in [-0.15, -0.1) is 0 Å². The van der Waals surface area contributed by atoms with Crippen LogP contribution in [0.15, 0.2) is 52.1 Å². The van der Waals surface area contributed by atoms with Crippen LogP contribution in [0.2, 0.25) is 0 Å². The maximum absolute atomic E-state index is 12.1. The van der Waals surface area contributed by atoms with Crippen molar-refractivity contribution in [1.29, 1.82) is 0 Å². The average Bonchev–Trinajstić information content (AvgIpc) is 3.16. The SMILES string of the molecule is CN=C(NCc1cccc(N2CCCCC2=O)c1)NCc1ccco1. The van der Waals surface area contributed by atoms with Gasteiger partial charge in [0, 0.05) is 32.2 Å². The summed E-state index contributed by atoms with van der Waals surface area (Å²) in [7, 11) is 1.74. The molecule has 1 aliphatic rings. The number of aliphatic imine (C=N–C) groups is 1. The van der Waals surface area contributed by atoms with E-state index in [2.05, 4.69) is 21.7 Å². The minimum atomic E-state index is 0.215. The highest BCUT2D eigenvalue weighted by molar-refractivity contribution is 5.94. The zero-order valence-electron chi connectivity index (χ0n) is 14.5. The molecule has 2 N–H and O–H groups in total. The van der Waals surface area contributed by atoms with E-state index < -0.39 is 0 Å². The van der Waals surface area contributed by atoms with Gasteiger partial charge in [0.1, 0.15) is 5.76 Å². The molecule has 0 saturated carbocycles. The lowest BCUT2D eigenvalue weighted by Gasteiger charge is -2.27. The Bertz CT molecular complexity index is 725. The van der Waals surface area contributed by atoms with Crippen LogP contribution >= 0.6 is 0 Å². The molecule has 2 heterocycles. The van der Waals surface area contributed by atoms with Crippen LogP contribution in [-0.4, -0.2) is 25.5 Å². The van der Waals surface area contributed by atoms with Crippen molar-refractivity contribution < 1.29 is 9.21 Å². The number of piperidine rings is 1. The predicted molar refractivity (Wildman–Crippen MR) is 98.4 cm³/mol. The summed E-state index contributed by atoms with van der Waals surface area (Å²) in [5.74, 6) is 1.77. The van der Waals surface area contributed by atoms with E-state index in [1.54, 1.807) is 13.3 Å². The van der Waals surface area contributed by atoms with Gasteiger partial charge in [-0.25, -0.2) is 0 Å². The Morgan fingerprint density at radius 3 is 2.84 bits per heavy atom. The van der Waals surface area contributed by atoms with Gasteiger partial charge < -0.3 is 20.0 Å². The number of furan rings is 1. The van der Waals surface area contributed by atoms with Crippen molar-refractivity contribution in [3.63, 3.8) is 0 Å². The average molecular weight is 340 g/mol. The number of carbonyl (C=O) groups is 1. The highest BCUT2D eigenvalue weighted by Crippen LogP contribution is 2.21. The van der Waals surface area contributed by atoms with E-state index in [9.17, 15) is 4.79 Å². The standard InChI is InChI=1S/C19H24N4O2/c1-20-19(22-14-17-8-5-11-25-17)21-13-15-6-4-7-16(12-15)23-10-3-2-9-18(23)24/h4-8,11-12H,2-3,9-10,13-14H2,1H3,(H2,20,21,22). The van der Waals surface area contributed by atoms with Gasteiger partial charge in [0.2, 0.25) is 5.91 Å². The minimum absolute atomic E-state index is 0.215. The molecule has 0 radical (unpaired) electrons. The van der Waals surface area contributed by atoms with Gasteiger partial charge in [-0.05, 0) is 42.7 Å². The molecule has 1 aromatic heterocycles. The van der Waals surface area contributed by atoms with Crippen LogP contribution in [0, 0.1) is 0 Å². The fourth-order valence-electron chi connectivity index (χ4n) is 2.90.